The van der Waals surface area contributed by atoms with Crippen molar-refractivity contribution in [1.29, 1.82) is 0 Å². The molecular weight excluding hydrogens is 332 g/mol. The van der Waals surface area contributed by atoms with Crippen LogP contribution in [0.15, 0.2) is 60.7 Å². The third kappa shape index (κ3) is 3.81. The largest absolute Gasteiger partial charge is 0.414 e. The van der Waals surface area contributed by atoms with Crippen LogP contribution in [0.2, 0.25) is 0 Å². The summed E-state index contributed by atoms with van der Waals surface area (Å²) in [6.07, 6.45) is -5.22. The summed E-state index contributed by atoms with van der Waals surface area (Å²) in [6, 6.07) is 19.5. The molecule has 1 heterocycles. The van der Waals surface area contributed by atoms with Crippen LogP contribution in [0.5, 0.6) is 0 Å². The molecule has 0 aliphatic carbocycles. The van der Waals surface area contributed by atoms with Crippen LogP contribution in [0.1, 0.15) is 35.3 Å². The highest BCUT2D eigenvalue weighted by molar-refractivity contribution is 7.58. The van der Waals surface area contributed by atoms with Crippen LogP contribution in [0.4, 0.5) is 13.2 Å². The third-order valence-corrected chi connectivity index (χ3v) is 8.13. The zero-order valence-electron chi connectivity index (χ0n) is 13.2. The number of aliphatic hydroxyl groups is 1. The number of alkyl halides is 3. The van der Waals surface area contributed by atoms with E-state index >= 15 is 0 Å². The smallest absolute Gasteiger partial charge is 0.383 e. The maximum Gasteiger partial charge on any atom is 0.414 e. The van der Waals surface area contributed by atoms with Gasteiger partial charge >= 0.3 is 6.18 Å². The van der Waals surface area contributed by atoms with E-state index in [1.54, 1.807) is 0 Å². The van der Waals surface area contributed by atoms with Crippen molar-refractivity contribution in [1.82, 2.24) is 0 Å². The second-order valence-corrected chi connectivity index (χ2v) is 8.82. The van der Waals surface area contributed by atoms with E-state index in [2.05, 4.69) is 0 Å². The van der Waals surface area contributed by atoms with Gasteiger partial charge in [0.15, 0.2) is 6.10 Å². The Hall–Kier alpha value is -1.38. The molecule has 1 fully saturated rings. The Balaban J connectivity index is 1.90. The van der Waals surface area contributed by atoms with Gasteiger partial charge in [-0.05, 0) is 24.0 Å². The molecule has 1 nitrogen and oxygen atoms in total. The minimum Gasteiger partial charge on any atom is -0.383 e. The summed E-state index contributed by atoms with van der Waals surface area (Å²) in [6.45, 7) is 0. The lowest BCUT2D eigenvalue weighted by Gasteiger charge is -2.29. The van der Waals surface area contributed by atoms with E-state index in [0.29, 0.717) is 0 Å². The van der Waals surface area contributed by atoms with Crippen molar-refractivity contribution in [3.8, 4) is 0 Å². The Bertz CT molecular complexity index is 597. The molecule has 1 aliphatic heterocycles. The van der Waals surface area contributed by atoms with E-state index in [1.165, 1.54) is 0 Å². The van der Waals surface area contributed by atoms with Crippen molar-refractivity contribution in [3.63, 3.8) is 0 Å². The molecule has 2 aromatic rings. The van der Waals surface area contributed by atoms with Gasteiger partial charge in [0.25, 0.3) is 0 Å². The molecule has 1 N–H and O–H groups in total. The molecule has 0 unspecified atom stereocenters. The normalized spacial score (nSPS) is 23.3. The maximum atomic E-state index is 12.9. The summed E-state index contributed by atoms with van der Waals surface area (Å²) in [5, 5.41) is 9.67. The molecule has 2 aromatic carbocycles. The van der Waals surface area contributed by atoms with Crippen LogP contribution in [-0.2, 0) is 0 Å². The maximum absolute atomic E-state index is 12.9. The second-order valence-electron chi connectivity index (χ2n) is 6.18. The Morgan fingerprint density at radius 3 is 1.67 bits per heavy atom. The van der Waals surface area contributed by atoms with Gasteiger partial charge < -0.3 is 5.11 Å². The third-order valence-electron chi connectivity index (χ3n) is 4.64. The van der Waals surface area contributed by atoms with Crippen molar-refractivity contribution in [2.45, 2.75) is 36.4 Å². The van der Waals surface area contributed by atoms with Gasteiger partial charge in [-0.2, -0.15) is 13.2 Å². The van der Waals surface area contributed by atoms with Crippen molar-refractivity contribution in [2.75, 3.05) is 6.16 Å². The SMILES string of the molecule is O[C@H](CP1[C@@H](c2ccccc2)CC[C@@H]1c1ccccc1)C(F)(F)F. The molecule has 5 heteroatoms. The van der Waals surface area contributed by atoms with E-state index in [0.717, 1.165) is 24.0 Å². The quantitative estimate of drug-likeness (QED) is 0.703. The molecule has 3 rings (SSSR count). The molecule has 24 heavy (non-hydrogen) atoms. The first-order valence-electron chi connectivity index (χ1n) is 8.07. The van der Waals surface area contributed by atoms with Crippen molar-refractivity contribution < 1.29 is 18.3 Å². The molecule has 0 aromatic heterocycles. The summed E-state index contributed by atoms with van der Waals surface area (Å²) >= 11 is 0. The predicted octanol–water partition coefficient (Wildman–Crippen LogP) is 5.67. The van der Waals surface area contributed by atoms with Crippen LogP contribution >= 0.6 is 7.92 Å². The molecule has 0 radical (unpaired) electrons. The molecule has 0 spiro atoms. The lowest BCUT2D eigenvalue weighted by Crippen LogP contribution is -2.31. The lowest BCUT2D eigenvalue weighted by atomic mass is 10.0. The number of aliphatic hydroxyl groups excluding tert-OH is 1. The van der Waals surface area contributed by atoms with Crippen LogP contribution in [0, 0.1) is 0 Å². The van der Waals surface area contributed by atoms with E-state index in [4.69, 9.17) is 0 Å². The highest BCUT2D eigenvalue weighted by atomic mass is 31.1. The minimum absolute atomic E-state index is 0.114. The summed E-state index contributed by atoms with van der Waals surface area (Å²) in [5.41, 5.74) is 2.42. The van der Waals surface area contributed by atoms with E-state index in [1.807, 2.05) is 60.7 Å². The number of halogens is 3. The molecule has 0 amide bonds. The fourth-order valence-corrected chi connectivity index (χ4v) is 7.11. The number of hydrogen-bond donors (Lipinski definition) is 1. The van der Waals surface area contributed by atoms with Crippen molar-refractivity contribution in [2.24, 2.45) is 0 Å². The summed E-state index contributed by atoms with van der Waals surface area (Å²) in [5.74, 6) is 0. The fraction of sp³-hybridized carbons (Fsp3) is 0.368. The molecule has 1 aliphatic rings. The van der Waals surface area contributed by atoms with Gasteiger partial charge in [0.05, 0.1) is 0 Å². The number of hydrogen-bond acceptors (Lipinski definition) is 1. The first-order chi connectivity index (χ1) is 11.5. The Kier molecular flexibility index (Phi) is 5.27. The van der Waals surface area contributed by atoms with Gasteiger partial charge in [-0.15, -0.1) is 0 Å². The van der Waals surface area contributed by atoms with Gasteiger partial charge in [-0.25, -0.2) is 0 Å². The average molecular weight is 352 g/mol. The van der Waals surface area contributed by atoms with Gasteiger partial charge in [0, 0.05) is 17.5 Å². The van der Waals surface area contributed by atoms with E-state index in [9.17, 15) is 18.3 Å². The molecular formula is C19H20F3OP. The first-order valence-corrected chi connectivity index (χ1v) is 9.74. The Morgan fingerprint density at radius 2 is 1.29 bits per heavy atom. The Labute approximate surface area is 141 Å². The number of benzene rings is 2. The molecule has 1 saturated heterocycles. The first kappa shape index (κ1) is 17.4. The summed E-state index contributed by atoms with van der Waals surface area (Å²) in [4.78, 5) is 0. The summed E-state index contributed by atoms with van der Waals surface area (Å²) < 4.78 is 38.8. The monoisotopic (exact) mass is 352 g/mol. The molecule has 3 atom stereocenters. The number of rotatable bonds is 4. The highest BCUT2D eigenvalue weighted by Crippen LogP contribution is 2.70. The standard InChI is InChI=1S/C19H20F3OP/c20-19(21,22)18(23)13-24-16(14-7-3-1-4-8-14)11-12-17(24)15-9-5-2-6-10-15/h1-10,16-18,23H,11-13H2/t16-,17-,18-/m1/s1. The van der Waals surface area contributed by atoms with Gasteiger partial charge in [0.1, 0.15) is 0 Å². The van der Waals surface area contributed by atoms with Crippen LogP contribution in [0.25, 0.3) is 0 Å². The summed E-state index contributed by atoms with van der Waals surface area (Å²) in [7, 11) is -0.998. The van der Waals surface area contributed by atoms with E-state index in [-0.39, 0.29) is 17.5 Å². The van der Waals surface area contributed by atoms with Gasteiger partial charge in [-0.3, -0.25) is 0 Å². The lowest BCUT2D eigenvalue weighted by molar-refractivity contribution is -0.196. The van der Waals surface area contributed by atoms with Gasteiger partial charge in [0.2, 0.25) is 0 Å². The predicted molar refractivity (Wildman–Crippen MR) is 91.4 cm³/mol. The molecule has 128 valence electrons. The molecule has 0 saturated carbocycles. The average Bonchev–Trinajstić information content (AvgIpc) is 2.99. The van der Waals surface area contributed by atoms with E-state index < -0.39 is 20.2 Å². The van der Waals surface area contributed by atoms with Crippen LogP contribution < -0.4 is 0 Å². The van der Waals surface area contributed by atoms with Gasteiger partial charge in [-0.1, -0.05) is 68.6 Å². The zero-order valence-corrected chi connectivity index (χ0v) is 14.0. The highest BCUT2D eigenvalue weighted by Gasteiger charge is 2.45. The second kappa shape index (κ2) is 7.25. The van der Waals surface area contributed by atoms with Crippen molar-refractivity contribution in [3.05, 3.63) is 71.8 Å². The van der Waals surface area contributed by atoms with Crippen LogP contribution in [-0.4, -0.2) is 23.5 Å². The zero-order chi connectivity index (χ0) is 17.2. The minimum atomic E-state index is -4.55. The molecule has 0 bridgehead atoms. The van der Waals surface area contributed by atoms with Crippen LogP contribution in [0.3, 0.4) is 0 Å². The van der Waals surface area contributed by atoms with Crippen molar-refractivity contribution >= 4 is 7.92 Å². The fourth-order valence-electron chi connectivity index (χ4n) is 3.49. The Morgan fingerprint density at radius 1 is 0.875 bits per heavy atom. The topological polar surface area (TPSA) is 20.2 Å².